The second kappa shape index (κ2) is 14.1. The van der Waals surface area contributed by atoms with Gasteiger partial charge in [-0.2, -0.15) is 0 Å². The van der Waals surface area contributed by atoms with Gasteiger partial charge in [-0.25, -0.2) is 0 Å². The summed E-state index contributed by atoms with van der Waals surface area (Å²) in [5.74, 6) is 0.0224. The highest BCUT2D eigenvalue weighted by Crippen LogP contribution is 2.36. The van der Waals surface area contributed by atoms with Gasteiger partial charge in [-0.3, -0.25) is 9.59 Å². The topological polar surface area (TPSA) is 146 Å². The van der Waals surface area contributed by atoms with E-state index >= 15 is 0 Å². The Morgan fingerprint density at radius 1 is 0.909 bits per heavy atom. The lowest BCUT2D eigenvalue weighted by atomic mass is 9.72. The van der Waals surface area contributed by atoms with Crippen LogP contribution < -0.4 is 14.8 Å². The molecule has 0 saturated heterocycles. The fourth-order valence-electron chi connectivity index (χ4n) is 4.63. The van der Waals surface area contributed by atoms with E-state index in [0.29, 0.717) is 6.42 Å². The number of carbonyl (C=O) groups excluding carboxylic acids is 2. The molecule has 0 aliphatic rings. The van der Waals surface area contributed by atoms with Crippen LogP contribution in [0.25, 0.3) is 0 Å². The minimum Gasteiger partial charge on any atom is -0.493 e. The number of Topliss-reactive ketones (excluding diaryl/α,β-unsaturated/α-hetero) is 1. The Balaban J connectivity index is 1.68. The molecular weight excluding hydrogens is 561 g/mol. The normalized spacial score (nSPS) is 14.3. The van der Waals surface area contributed by atoms with Gasteiger partial charge in [0.25, 0.3) is 5.91 Å². The zero-order chi connectivity index (χ0) is 32.7. The van der Waals surface area contributed by atoms with E-state index in [1.807, 2.05) is 61.5 Å². The number of rotatable bonds is 12. The third-order valence-electron chi connectivity index (χ3n) is 7.33. The molecule has 0 bridgehead atoms. The summed E-state index contributed by atoms with van der Waals surface area (Å²) in [7, 11) is 2.45. The first kappa shape index (κ1) is 34.4. The van der Waals surface area contributed by atoms with Crippen molar-refractivity contribution in [3.05, 3.63) is 95.1 Å². The molecule has 9 nitrogen and oxygen atoms in total. The van der Waals surface area contributed by atoms with Crippen LogP contribution in [0, 0.1) is 17.8 Å². The van der Waals surface area contributed by atoms with Crippen molar-refractivity contribution in [1.82, 2.24) is 5.32 Å². The molecule has 3 aromatic carbocycles. The fraction of sp³-hybridized carbons (Fsp3) is 0.353. The molecule has 0 aliphatic heterocycles. The van der Waals surface area contributed by atoms with Crippen LogP contribution >= 0.6 is 0 Å². The number of hydrogen-bond donors (Lipinski definition) is 5. The van der Waals surface area contributed by atoms with E-state index in [4.69, 9.17) is 9.47 Å². The molecule has 0 radical (unpaired) electrons. The highest BCUT2D eigenvalue weighted by Gasteiger charge is 2.47. The summed E-state index contributed by atoms with van der Waals surface area (Å²) < 4.78 is 10.7. The molecule has 232 valence electrons. The van der Waals surface area contributed by atoms with E-state index in [2.05, 4.69) is 17.2 Å². The summed E-state index contributed by atoms with van der Waals surface area (Å²) in [4.78, 5) is 25.4. The van der Waals surface area contributed by atoms with Crippen molar-refractivity contribution >= 4 is 19.5 Å². The standard InChI is InChI=1S/C34H40BNO8/c1-22(26-15-13-25(14-16-26)12-11-24-9-7-6-8-10-24)19-27(23(2)37)20-31(38)36-34(41,42)33(35,40)28-17-18-29(30(21-28)43-5)44-32(3,4)39/h6-10,13-18,21-22,27,39-42H,19-20,35H2,1-5H3,(H,36,38). The zero-order valence-corrected chi connectivity index (χ0v) is 25.9. The van der Waals surface area contributed by atoms with Gasteiger partial charge in [0, 0.05) is 37.3 Å². The summed E-state index contributed by atoms with van der Waals surface area (Å²) in [6, 6.07) is 21.4. The first-order chi connectivity index (χ1) is 20.5. The lowest BCUT2D eigenvalue weighted by molar-refractivity contribution is -0.264. The number of aliphatic hydroxyl groups is 4. The van der Waals surface area contributed by atoms with Crippen molar-refractivity contribution < 1.29 is 39.5 Å². The minimum absolute atomic E-state index is 0.0172. The first-order valence-corrected chi connectivity index (χ1v) is 14.3. The van der Waals surface area contributed by atoms with Gasteiger partial charge >= 0.3 is 0 Å². The maximum Gasteiger partial charge on any atom is 0.272 e. The second-order valence-electron chi connectivity index (χ2n) is 11.6. The molecule has 0 aromatic heterocycles. The van der Waals surface area contributed by atoms with Crippen molar-refractivity contribution in [2.24, 2.45) is 5.92 Å². The monoisotopic (exact) mass is 601 g/mol. The molecule has 5 N–H and O–H groups in total. The highest BCUT2D eigenvalue weighted by molar-refractivity contribution is 6.15. The number of ketones is 1. The molecule has 3 unspecified atom stereocenters. The predicted octanol–water partition coefficient (Wildman–Crippen LogP) is 2.52. The predicted molar refractivity (Wildman–Crippen MR) is 168 cm³/mol. The number of amides is 1. The Bertz CT molecular complexity index is 1500. The Kier molecular flexibility index (Phi) is 11.0. The van der Waals surface area contributed by atoms with Crippen LogP contribution in [0.15, 0.2) is 72.8 Å². The minimum atomic E-state index is -3.11. The van der Waals surface area contributed by atoms with Gasteiger partial charge in [-0.15, -0.1) is 0 Å². The largest absolute Gasteiger partial charge is 0.493 e. The number of methoxy groups -OCH3 is 1. The van der Waals surface area contributed by atoms with E-state index in [-0.39, 0.29) is 35.2 Å². The Morgan fingerprint density at radius 2 is 1.50 bits per heavy atom. The molecule has 3 rings (SSSR count). The molecule has 3 aromatic rings. The number of carbonyl (C=O) groups is 2. The van der Waals surface area contributed by atoms with Crippen LogP contribution in [0.1, 0.15) is 68.7 Å². The van der Waals surface area contributed by atoms with Crippen molar-refractivity contribution in [2.45, 2.75) is 63.7 Å². The second-order valence-corrected chi connectivity index (χ2v) is 11.6. The lowest BCUT2D eigenvalue weighted by Gasteiger charge is -2.38. The van der Waals surface area contributed by atoms with Gasteiger partial charge in [-0.05, 0) is 66.8 Å². The SMILES string of the molecule is BC(O)(c1ccc(OC(C)(C)O)c(OC)c1)C(O)(O)NC(=O)CC(CC(C)c1ccc(C#Cc2ccccc2)cc1)C(C)=O. The Hall–Kier alpha value is -4.14. The van der Waals surface area contributed by atoms with E-state index in [9.17, 15) is 30.0 Å². The third kappa shape index (κ3) is 9.18. The van der Waals surface area contributed by atoms with Crippen LogP contribution in [0.3, 0.4) is 0 Å². The van der Waals surface area contributed by atoms with Crippen LogP contribution in [0.4, 0.5) is 0 Å². The van der Waals surface area contributed by atoms with Crippen LogP contribution in [0.2, 0.25) is 0 Å². The summed E-state index contributed by atoms with van der Waals surface area (Å²) in [5, 5.41) is 44.8. The number of hydrogen-bond acceptors (Lipinski definition) is 8. The molecule has 3 atom stereocenters. The van der Waals surface area contributed by atoms with Gasteiger partial charge in [0.1, 0.15) is 11.3 Å². The Morgan fingerprint density at radius 3 is 2.05 bits per heavy atom. The van der Waals surface area contributed by atoms with Gasteiger partial charge in [0.15, 0.2) is 19.3 Å². The smallest absolute Gasteiger partial charge is 0.272 e. The zero-order valence-electron chi connectivity index (χ0n) is 25.9. The summed E-state index contributed by atoms with van der Waals surface area (Å²) >= 11 is 0. The van der Waals surface area contributed by atoms with E-state index in [1.54, 1.807) is 0 Å². The number of ether oxygens (including phenoxy) is 2. The Labute approximate surface area is 259 Å². The molecule has 10 heteroatoms. The quantitative estimate of drug-likeness (QED) is 0.121. The molecule has 0 heterocycles. The van der Waals surface area contributed by atoms with E-state index < -0.39 is 29.0 Å². The molecule has 0 fully saturated rings. The number of nitrogens with one attached hydrogen (secondary N) is 1. The molecular formula is C34H40BNO8. The van der Waals surface area contributed by atoms with Gasteiger partial charge in [-0.1, -0.05) is 55.2 Å². The summed E-state index contributed by atoms with van der Waals surface area (Å²) in [5.41, 5.74) is 0.301. The van der Waals surface area contributed by atoms with E-state index in [0.717, 1.165) is 24.5 Å². The van der Waals surface area contributed by atoms with Gasteiger partial charge in [0.2, 0.25) is 11.7 Å². The third-order valence-corrected chi connectivity index (χ3v) is 7.33. The first-order valence-electron chi connectivity index (χ1n) is 14.3. The van der Waals surface area contributed by atoms with Crippen molar-refractivity contribution in [1.29, 1.82) is 0 Å². The average Bonchev–Trinajstić information content (AvgIpc) is 2.95. The summed E-state index contributed by atoms with van der Waals surface area (Å²) in [6.07, 6.45) is 0.0266. The fourth-order valence-corrected chi connectivity index (χ4v) is 4.63. The lowest BCUT2D eigenvalue weighted by Crippen LogP contribution is -2.63. The molecule has 44 heavy (non-hydrogen) atoms. The van der Waals surface area contributed by atoms with Crippen LogP contribution in [-0.2, 0) is 15.1 Å². The van der Waals surface area contributed by atoms with Gasteiger partial charge in [0.05, 0.1) is 7.11 Å². The molecule has 0 saturated carbocycles. The maximum absolute atomic E-state index is 13.0. The molecule has 0 aliphatic carbocycles. The van der Waals surface area contributed by atoms with Gasteiger partial charge < -0.3 is 35.2 Å². The average molecular weight is 602 g/mol. The summed E-state index contributed by atoms with van der Waals surface area (Å²) in [6.45, 7) is 6.18. The molecule has 1 amide bonds. The highest BCUT2D eigenvalue weighted by atomic mass is 16.6. The van der Waals surface area contributed by atoms with Crippen LogP contribution in [-0.4, -0.2) is 58.8 Å². The van der Waals surface area contributed by atoms with Crippen molar-refractivity contribution in [3.63, 3.8) is 0 Å². The molecule has 0 spiro atoms. The maximum atomic E-state index is 13.0. The van der Waals surface area contributed by atoms with Crippen molar-refractivity contribution in [3.8, 4) is 23.3 Å². The van der Waals surface area contributed by atoms with E-state index in [1.165, 1.54) is 46.1 Å². The number of benzene rings is 3. The van der Waals surface area contributed by atoms with Crippen LogP contribution in [0.5, 0.6) is 11.5 Å². The van der Waals surface area contributed by atoms with Crippen molar-refractivity contribution in [2.75, 3.05) is 7.11 Å².